The fourth-order valence-corrected chi connectivity index (χ4v) is 9.36. The Morgan fingerprint density at radius 1 is 0.270 bits per heavy atom. The zero-order valence-electron chi connectivity index (χ0n) is 49.4. The van der Waals surface area contributed by atoms with Crippen molar-refractivity contribution < 1.29 is 28.6 Å². The van der Waals surface area contributed by atoms with Crippen LogP contribution in [0.4, 0.5) is 0 Å². The fraction of sp³-hybridized carbons (Fsp3) is 0.809. The van der Waals surface area contributed by atoms with Gasteiger partial charge in [0.1, 0.15) is 13.2 Å². The van der Waals surface area contributed by atoms with E-state index in [1.807, 2.05) is 0 Å². The van der Waals surface area contributed by atoms with Gasteiger partial charge in [0.05, 0.1) is 0 Å². The quantitative estimate of drug-likeness (QED) is 0.0261. The Balaban J connectivity index is 4.00. The van der Waals surface area contributed by atoms with Crippen LogP contribution in [0.3, 0.4) is 0 Å². The third-order valence-corrected chi connectivity index (χ3v) is 14.2. The van der Waals surface area contributed by atoms with Crippen LogP contribution in [0.5, 0.6) is 0 Å². The van der Waals surface area contributed by atoms with E-state index in [9.17, 15) is 14.4 Å². The van der Waals surface area contributed by atoms with Crippen LogP contribution < -0.4 is 0 Å². The normalized spacial score (nSPS) is 12.4. The summed E-state index contributed by atoms with van der Waals surface area (Å²) in [6, 6.07) is 0. The van der Waals surface area contributed by atoms with Crippen LogP contribution in [0.25, 0.3) is 0 Å². The lowest BCUT2D eigenvalue weighted by Gasteiger charge is -2.18. The molecule has 0 aliphatic heterocycles. The summed E-state index contributed by atoms with van der Waals surface area (Å²) in [5.74, 6) is -0.883. The summed E-state index contributed by atoms with van der Waals surface area (Å²) in [6.45, 7) is 6.59. The molecule has 0 radical (unpaired) electrons. The van der Waals surface area contributed by atoms with E-state index in [-0.39, 0.29) is 31.1 Å². The molecule has 0 saturated carbocycles. The minimum atomic E-state index is -0.777. The van der Waals surface area contributed by atoms with Gasteiger partial charge in [-0.3, -0.25) is 14.4 Å². The molecule has 6 heteroatoms. The maximum absolute atomic E-state index is 12.8. The number of allylic oxidation sites excluding steroid dienone is 10. The molecule has 0 bridgehead atoms. The second-order valence-electron chi connectivity index (χ2n) is 21.7. The molecule has 0 N–H and O–H groups in total. The van der Waals surface area contributed by atoms with Gasteiger partial charge in [-0.25, -0.2) is 0 Å². The van der Waals surface area contributed by atoms with Gasteiger partial charge in [0.2, 0.25) is 0 Å². The molecule has 0 aromatic rings. The van der Waals surface area contributed by atoms with Crippen LogP contribution in [0.15, 0.2) is 60.8 Å². The highest BCUT2D eigenvalue weighted by Crippen LogP contribution is 2.17. The van der Waals surface area contributed by atoms with Crippen molar-refractivity contribution >= 4 is 17.9 Å². The summed E-state index contributed by atoms with van der Waals surface area (Å²) >= 11 is 0. The molecule has 0 rings (SSSR count). The lowest BCUT2D eigenvalue weighted by molar-refractivity contribution is -0.167. The van der Waals surface area contributed by atoms with E-state index in [1.54, 1.807) is 0 Å². The van der Waals surface area contributed by atoms with Crippen molar-refractivity contribution in [2.45, 2.75) is 341 Å². The average Bonchev–Trinajstić information content (AvgIpc) is 3.40. The zero-order valence-corrected chi connectivity index (χ0v) is 49.4. The van der Waals surface area contributed by atoms with Gasteiger partial charge in [0.15, 0.2) is 6.10 Å². The fourth-order valence-electron chi connectivity index (χ4n) is 9.36. The number of hydrogen-bond donors (Lipinski definition) is 0. The minimum Gasteiger partial charge on any atom is -0.462 e. The Hall–Kier alpha value is -2.89. The Bertz CT molecular complexity index is 1330. The van der Waals surface area contributed by atoms with E-state index < -0.39 is 6.10 Å². The van der Waals surface area contributed by atoms with Gasteiger partial charge in [-0.05, 0) is 89.9 Å². The van der Waals surface area contributed by atoms with Crippen molar-refractivity contribution in [3.63, 3.8) is 0 Å². The van der Waals surface area contributed by atoms with Gasteiger partial charge in [0.25, 0.3) is 0 Å². The summed E-state index contributed by atoms with van der Waals surface area (Å²) in [7, 11) is 0. The average molecular weight is 1040 g/mol. The van der Waals surface area contributed by atoms with E-state index in [0.29, 0.717) is 19.3 Å². The number of rotatable bonds is 59. The standard InChI is InChI=1S/C68H122O6/c1-4-7-10-13-16-18-20-22-24-26-27-28-29-30-31-32-33-34-35-36-37-38-39-40-41-42-44-45-47-49-52-55-58-61-67(70)73-64-65(63-72-66(69)60-57-54-51-15-12-9-6-3)74-68(71)62-59-56-53-50-48-46-43-25-23-21-19-17-14-11-8-5-2/h19-22,25-27,29-30,43,65H,4-18,23-24,28,31-42,44-64H2,1-3H3/b21-19-,22-20-,27-26-,30-29-,43-25-. The third-order valence-electron chi connectivity index (χ3n) is 14.2. The van der Waals surface area contributed by atoms with Crippen molar-refractivity contribution in [1.82, 2.24) is 0 Å². The molecule has 0 aliphatic carbocycles. The van der Waals surface area contributed by atoms with Crippen molar-refractivity contribution in [1.29, 1.82) is 0 Å². The molecule has 6 nitrogen and oxygen atoms in total. The highest BCUT2D eigenvalue weighted by Gasteiger charge is 2.19. The van der Waals surface area contributed by atoms with Crippen molar-refractivity contribution in [2.75, 3.05) is 13.2 Å². The van der Waals surface area contributed by atoms with Crippen molar-refractivity contribution in [3.05, 3.63) is 60.8 Å². The lowest BCUT2D eigenvalue weighted by Crippen LogP contribution is -2.30. The van der Waals surface area contributed by atoms with Crippen LogP contribution in [0.2, 0.25) is 0 Å². The highest BCUT2D eigenvalue weighted by atomic mass is 16.6. The van der Waals surface area contributed by atoms with Gasteiger partial charge in [-0.2, -0.15) is 0 Å². The Labute approximate surface area is 460 Å². The smallest absolute Gasteiger partial charge is 0.306 e. The number of hydrogen-bond acceptors (Lipinski definition) is 6. The zero-order chi connectivity index (χ0) is 53.6. The Morgan fingerprint density at radius 3 is 0.770 bits per heavy atom. The summed E-state index contributed by atoms with van der Waals surface area (Å²) in [4.78, 5) is 38.0. The summed E-state index contributed by atoms with van der Waals surface area (Å²) in [6.07, 6.45) is 79.8. The predicted molar refractivity (Wildman–Crippen MR) is 321 cm³/mol. The number of esters is 3. The first-order valence-electron chi connectivity index (χ1n) is 32.3. The van der Waals surface area contributed by atoms with Crippen molar-refractivity contribution in [3.8, 4) is 0 Å². The van der Waals surface area contributed by atoms with Gasteiger partial charge in [-0.1, -0.05) is 287 Å². The van der Waals surface area contributed by atoms with Crippen LogP contribution in [-0.4, -0.2) is 37.2 Å². The molecular weight excluding hydrogens is 913 g/mol. The molecule has 0 saturated heterocycles. The molecule has 0 heterocycles. The van der Waals surface area contributed by atoms with Gasteiger partial charge in [0, 0.05) is 19.3 Å². The molecule has 1 unspecified atom stereocenters. The van der Waals surface area contributed by atoms with E-state index in [4.69, 9.17) is 14.2 Å². The number of ether oxygens (including phenoxy) is 3. The molecule has 430 valence electrons. The second kappa shape index (κ2) is 62.6. The molecule has 0 aromatic heterocycles. The van der Waals surface area contributed by atoms with Gasteiger partial charge in [-0.15, -0.1) is 0 Å². The van der Waals surface area contributed by atoms with E-state index in [2.05, 4.69) is 81.5 Å². The SMILES string of the molecule is CCCCCC/C=C\C/C=C\CCCCCCCC(=O)OC(COC(=O)CCCCCCCCC)COC(=O)CCCCCCCCCCCCCCCCCCCC/C=C\C/C=C\C/C=C\CCCCCCC. The van der Waals surface area contributed by atoms with Gasteiger partial charge >= 0.3 is 17.9 Å². The van der Waals surface area contributed by atoms with E-state index in [1.165, 1.54) is 199 Å². The summed E-state index contributed by atoms with van der Waals surface area (Å²) < 4.78 is 16.8. The monoisotopic (exact) mass is 1030 g/mol. The summed E-state index contributed by atoms with van der Waals surface area (Å²) in [5, 5.41) is 0. The van der Waals surface area contributed by atoms with Crippen LogP contribution in [-0.2, 0) is 28.6 Å². The first kappa shape index (κ1) is 71.1. The van der Waals surface area contributed by atoms with Crippen LogP contribution >= 0.6 is 0 Å². The molecule has 0 spiro atoms. The lowest BCUT2D eigenvalue weighted by atomic mass is 10.0. The topological polar surface area (TPSA) is 78.9 Å². The van der Waals surface area contributed by atoms with Crippen LogP contribution in [0.1, 0.15) is 335 Å². The molecule has 74 heavy (non-hydrogen) atoms. The highest BCUT2D eigenvalue weighted by molar-refractivity contribution is 5.71. The Morgan fingerprint density at radius 2 is 0.486 bits per heavy atom. The predicted octanol–water partition coefficient (Wildman–Crippen LogP) is 21.9. The first-order valence-corrected chi connectivity index (χ1v) is 32.3. The molecule has 0 aliphatic rings. The van der Waals surface area contributed by atoms with Crippen molar-refractivity contribution in [2.24, 2.45) is 0 Å². The molecular formula is C68H122O6. The van der Waals surface area contributed by atoms with Crippen LogP contribution in [0, 0.1) is 0 Å². The first-order chi connectivity index (χ1) is 36.5. The molecule has 0 amide bonds. The summed E-state index contributed by atoms with van der Waals surface area (Å²) in [5.41, 5.74) is 0. The number of unbranched alkanes of at least 4 members (excludes halogenated alkanes) is 38. The Kier molecular flexibility index (Phi) is 60.2. The van der Waals surface area contributed by atoms with E-state index in [0.717, 1.165) is 96.3 Å². The molecule has 0 aromatic carbocycles. The maximum atomic E-state index is 12.8. The molecule has 0 fully saturated rings. The van der Waals surface area contributed by atoms with E-state index >= 15 is 0 Å². The largest absolute Gasteiger partial charge is 0.462 e. The number of carbonyl (C=O) groups excluding carboxylic acids is 3. The van der Waals surface area contributed by atoms with Gasteiger partial charge < -0.3 is 14.2 Å². The minimum absolute atomic E-state index is 0.0763. The third kappa shape index (κ3) is 60.0. The number of carbonyl (C=O) groups is 3. The maximum Gasteiger partial charge on any atom is 0.306 e. The molecule has 1 atom stereocenters. The second-order valence-corrected chi connectivity index (χ2v) is 21.7.